The zero-order valence-corrected chi connectivity index (χ0v) is 20.0. The lowest BCUT2D eigenvalue weighted by molar-refractivity contribution is -0.122. The van der Waals surface area contributed by atoms with Crippen molar-refractivity contribution in [2.24, 2.45) is 0 Å². The van der Waals surface area contributed by atoms with Crippen LogP contribution in [0, 0.1) is 0 Å². The standard InChI is InChI=1S/C27H29N5O3/c1-3-20(25-28-17-21(30-25)18-9-5-4-6-10-18)29-23(33)14-16-31-26(35)19-11-7-8-12-22(19)32-24(34)13-15-27(31,32)2/h4-12,17,20H,3,13-16H2,1-2H3,(H,28,30)(H,29,33). The van der Waals surface area contributed by atoms with Gasteiger partial charge in [0.15, 0.2) is 0 Å². The van der Waals surface area contributed by atoms with Gasteiger partial charge >= 0.3 is 0 Å². The van der Waals surface area contributed by atoms with Gasteiger partial charge in [0.25, 0.3) is 5.91 Å². The molecule has 5 rings (SSSR count). The predicted octanol–water partition coefficient (Wildman–Crippen LogP) is 4.03. The van der Waals surface area contributed by atoms with Gasteiger partial charge in [0.1, 0.15) is 11.5 Å². The van der Waals surface area contributed by atoms with E-state index in [0.717, 1.165) is 11.3 Å². The molecule has 0 spiro atoms. The number of hydrogen-bond donors (Lipinski definition) is 2. The van der Waals surface area contributed by atoms with Crippen molar-refractivity contribution in [3.8, 4) is 11.3 Å². The molecule has 1 fully saturated rings. The number of nitrogens with zero attached hydrogens (tertiary/aromatic N) is 3. The average Bonchev–Trinajstić information content (AvgIpc) is 3.48. The number of aromatic nitrogens is 2. The van der Waals surface area contributed by atoms with E-state index in [1.165, 1.54) is 0 Å². The molecule has 3 amide bonds. The van der Waals surface area contributed by atoms with Gasteiger partial charge in [-0.15, -0.1) is 0 Å². The van der Waals surface area contributed by atoms with Gasteiger partial charge in [-0.1, -0.05) is 49.4 Å². The molecule has 0 radical (unpaired) electrons. The van der Waals surface area contributed by atoms with Crippen molar-refractivity contribution in [1.29, 1.82) is 0 Å². The second kappa shape index (κ2) is 9.02. The molecule has 1 aromatic heterocycles. The maximum atomic E-state index is 13.4. The first kappa shape index (κ1) is 22.8. The Kier molecular flexibility index (Phi) is 5.88. The van der Waals surface area contributed by atoms with Crippen molar-refractivity contribution in [2.75, 3.05) is 11.4 Å². The van der Waals surface area contributed by atoms with E-state index < -0.39 is 5.66 Å². The van der Waals surface area contributed by atoms with E-state index in [0.29, 0.717) is 36.3 Å². The van der Waals surface area contributed by atoms with Crippen molar-refractivity contribution in [2.45, 2.75) is 51.2 Å². The topological polar surface area (TPSA) is 98.4 Å². The van der Waals surface area contributed by atoms with Crippen LogP contribution in [0.5, 0.6) is 0 Å². The SMILES string of the molecule is CCC(NC(=O)CCN1C(=O)c2ccccc2N2C(=O)CCC12C)c1ncc(-c2ccccc2)[nH]1. The highest BCUT2D eigenvalue weighted by atomic mass is 16.2. The van der Waals surface area contributed by atoms with Crippen molar-refractivity contribution < 1.29 is 14.4 Å². The van der Waals surface area contributed by atoms with Crippen LogP contribution in [-0.2, 0) is 9.59 Å². The Hall–Kier alpha value is -3.94. The summed E-state index contributed by atoms with van der Waals surface area (Å²) in [7, 11) is 0. The van der Waals surface area contributed by atoms with Gasteiger partial charge in [0, 0.05) is 19.4 Å². The molecule has 8 nitrogen and oxygen atoms in total. The first-order chi connectivity index (χ1) is 16.9. The van der Waals surface area contributed by atoms with Crippen LogP contribution in [0.4, 0.5) is 5.69 Å². The number of benzene rings is 2. The van der Waals surface area contributed by atoms with E-state index in [2.05, 4.69) is 15.3 Å². The van der Waals surface area contributed by atoms with Crippen LogP contribution in [0.2, 0.25) is 0 Å². The number of carbonyl (C=O) groups is 3. The fourth-order valence-electron chi connectivity index (χ4n) is 5.16. The monoisotopic (exact) mass is 471 g/mol. The summed E-state index contributed by atoms with van der Waals surface area (Å²) in [5.41, 5.74) is 2.31. The molecular weight excluding hydrogens is 442 g/mol. The normalized spacial score (nSPS) is 19.9. The summed E-state index contributed by atoms with van der Waals surface area (Å²) < 4.78 is 0. The number of fused-ring (bicyclic) bond motifs is 3. The van der Waals surface area contributed by atoms with Crippen molar-refractivity contribution in [3.05, 3.63) is 72.2 Å². The number of imidazole rings is 1. The van der Waals surface area contributed by atoms with Gasteiger partial charge in [0.2, 0.25) is 11.8 Å². The lowest BCUT2D eigenvalue weighted by Gasteiger charge is -2.48. The molecule has 2 aromatic carbocycles. The Labute approximate surface area is 204 Å². The zero-order valence-electron chi connectivity index (χ0n) is 20.0. The Morgan fingerprint density at radius 2 is 1.89 bits per heavy atom. The van der Waals surface area contributed by atoms with Crippen LogP contribution in [-0.4, -0.2) is 44.8 Å². The van der Waals surface area contributed by atoms with E-state index in [-0.39, 0.29) is 36.7 Å². The van der Waals surface area contributed by atoms with Gasteiger partial charge < -0.3 is 15.2 Å². The molecule has 180 valence electrons. The minimum Gasteiger partial charge on any atom is -0.346 e. The molecule has 2 aliphatic heterocycles. The van der Waals surface area contributed by atoms with Crippen molar-refractivity contribution in [1.82, 2.24) is 20.2 Å². The number of nitrogens with one attached hydrogen (secondary N) is 2. The highest BCUT2D eigenvalue weighted by molar-refractivity contribution is 6.10. The van der Waals surface area contributed by atoms with Gasteiger partial charge in [-0.3, -0.25) is 19.3 Å². The van der Waals surface area contributed by atoms with Gasteiger partial charge in [-0.25, -0.2) is 4.98 Å². The van der Waals surface area contributed by atoms with E-state index in [9.17, 15) is 14.4 Å². The number of H-pyrrole nitrogens is 1. The van der Waals surface area contributed by atoms with E-state index in [1.807, 2.05) is 56.3 Å². The summed E-state index contributed by atoms with van der Waals surface area (Å²) >= 11 is 0. The Balaban J connectivity index is 1.29. The van der Waals surface area contributed by atoms with Crippen LogP contribution in [0.25, 0.3) is 11.3 Å². The van der Waals surface area contributed by atoms with Gasteiger partial charge in [-0.05, 0) is 37.5 Å². The molecular formula is C27H29N5O3. The minimum absolute atomic E-state index is 0.0000109. The molecule has 1 saturated heterocycles. The molecule has 2 atom stereocenters. The number of rotatable bonds is 7. The number of hydrogen-bond acceptors (Lipinski definition) is 4. The Bertz CT molecular complexity index is 1270. The van der Waals surface area contributed by atoms with Gasteiger partial charge in [-0.2, -0.15) is 0 Å². The van der Waals surface area contributed by atoms with E-state index in [4.69, 9.17) is 0 Å². The quantitative estimate of drug-likeness (QED) is 0.543. The maximum Gasteiger partial charge on any atom is 0.257 e. The van der Waals surface area contributed by atoms with E-state index in [1.54, 1.807) is 28.1 Å². The van der Waals surface area contributed by atoms with Gasteiger partial charge in [0.05, 0.1) is 29.2 Å². The Morgan fingerprint density at radius 3 is 2.66 bits per heavy atom. The number of amides is 3. The number of para-hydroxylation sites is 1. The molecule has 2 N–H and O–H groups in total. The highest BCUT2D eigenvalue weighted by Gasteiger charge is 2.52. The molecule has 3 heterocycles. The molecule has 3 aromatic rings. The van der Waals surface area contributed by atoms with Crippen molar-refractivity contribution in [3.63, 3.8) is 0 Å². The lowest BCUT2D eigenvalue weighted by Crippen LogP contribution is -2.62. The highest BCUT2D eigenvalue weighted by Crippen LogP contribution is 2.44. The van der Waals surface area contributed by atoms with Crippen LogP contribution in [0.3, 0.4) is 0 Å². The molecule has 0 bridgehead atoms. The average molecular weight is 472 g/mol. The number of aromatic amines is 1. The van der Waals surface area contributed by atoms with Crippen molar-refractivity contribution >= 4 is 23.4 Å². The molecule has 35 heavy (non-hydrogen) atoms. The first-order valence-electron chi connectivity index (χ1n) is 12.1. The summed E-state index contributed by atoms with van der Waals surface area (Å²) in [4.78, 5) is 50.2. The summed E-state index contributed by atoms with van der Waals surface area (Å²) in [5.74, 6) is 0.385. The Morgan fingerprint density at radius 1 is 1.14 bits per heavy atom. The van der Waals surface area contributed by atoms with E-state index >= 15 is 0 Å². The lowest BCUT2D eigenvalue weighted by atomic mass is 9.98. The van der Waals surface area contributed by atoms with Crippen LogP contribution < -0.4 is 10.2 Å². The van der Waals surface area contributed by atoms with Crippen LogP contribution in [0.1, 0.15) is 61.8 Å². The number of carbonyl (C=O) groups excluding carboxylic acids is 3. The first-order valence-corrected chi connectivity index (χ1v) is 12.1. The molecule has 0 aliphatic carbocycles. The molecule has 2 aliphatic rings. The fraction of sp³-hybridized carbons (Fsp3) is 0.333. The maximum absolute atomic E-state index is 13.4. The summed E-state index contributed by atoms with van der Waals surface area (Å²) in [6, 6.07) is 16.8. The second-order valence-corrected chi connectivity index (χ2v) is 9.25. The molecule has 2 unspecified atom stereocenters. The third-order valence-corrected chi connectivity index (χ3v) is 7.06. The molecule has 8 heteroatoms. The summed E-state index contributed by atoms with van der Waals surface area (Å²) in [5, 5.41) is 3.05. The minimum atomic E-state index is -0.765. The smallest absolute Gasteiger partial charge is 0.257 e. The third-order valence-electron chi connectivity index (χ3n) is 7.06. The largest absolute Gasteiger partial charge is 0.346 e. The number of anilines is 1. The molecule has 0 saturated carbocycles. The van der Waals surface area contributed by atoms with Crippen LogP contribution in [0.15, 0.2) is 60.8 Å². The fourth-order valence-corrected chi connectivity index (χ4v) is 5.16. The third kappa shape index (κ3) is 3.99. The zero-order chi connectivity index (χ0) is 24.6. The van der Waals surface area contributed by atoms with Crippen LogP contribution >= 0.6 is 0 Å². The summed E-state index contributed by atoms with van der Waals surface area (Å²) in [6.07, 6.45) is 3.49. The second-order valence-electron chi connectivity index (χ2n) is 9.25. The predicted molar refractivity (Wildman–Crippen MR) is 132 cm³/mol. The summed E-state index contributed by atoms with van der Waals surface area (Å²) in [6.45, 7) is 4.12.